The van der Waals surface area contributed by atoms with Crippen LogP contribution in [0.5, 0.6) is 0 Å². The van der Waals surface area contributed by atoms with E-state index in [9.17, 15) is 13.9 Å². The number of hydrogen-bond donors (Lipinski definition) is 1. The molecule has 0 amide bonds. The summed E-state index contributed by atoms with van der Waals surface area (Å²) in [5.74, 6) is -3.27. The molecule has 3 aromatic rings. The fourth-order valence-corrected chi connectivity index (χ4v) is 3.48. The second-order valence-electron chi connectivity index (χ2n) is 6.69. The molecular formula is C22H19F2NO2. The number of hydrogen-bond acceptors (Lipinski definition) is 3. The highest BCUT2D eigenvalue weighted by Gasteiger charge is 2.47. The van der Waals surface area contributed by atoms with Crippen LogP contribution in [-0.2, 0) is 17.2 Å². The van der Waals surface area contributed by atoms with Crippen LogP contribution in [-0.4, -0.2) is 10.2 Å². The first-order chi connectivity index (χ1) is 13.0. The van der Waals surface area contributed by atoms with Gasteiger partial charge in [0.2, 0.25) is 5.79 Å². The van der Waals surface area contributed by atoms with Crippen molar-refractivity contribution in [3.63, 3.8) is 0 Å². The largest absolute Gasteiger partial charge is 0.360 e. The summed E-state index contributed by atoms with van der Waals surface area (Å²) in [4.78, 5) is 5.82. The van der Waals surface area contributed by atoms with E-state index >= 15 is 0 Å². The average molecular weight is 367 g/mol. The van der Waals surface area contributed by atoms with Gasteiger partial charge in [-0.15, -0.1) is 0 Å². The molecule has 1 heterocycles. The van der Waals surface area contributed by atoms with Crippen LogP contribution in [0.4, 0.5) is 8.78 Å². The minimum atomic E-state index is -1.94. The first-order valence-electron chi connectivity index (χ1n) is 8.78. The van der Waals surface area contributed by atoms with Crippen molar-refractivity contribution in [3.8, 4) is 0 Å². The summed E-state index contributed by atoms with van der Waals surface area (Å²) in [6, 6.07) is 21.9. The van der Waals surface area contributed by atoms with Crippen LogP contribution in [0.3, 0.4) is 0 Å². The summed E-state index contributed by atoms with van der Waals surface area (Å²) in [5, 5.41) is 12.7. The van der Waals surface area contributed by atoms with Crippen molar-refractivity contribution in [3.05, 3.63) is 107 Å². The lowest BCUT2D eigenvalue weighted by Gasteiger charge is -2.25. The van der Waals surface area contributed by atoms with Crippen molar-refractivity contribution >= 4 is 0 Å². The average Bonchev–Trinajstić information content (AvgIpc) is 3.02. The number of nitrogens with zero attached hydrogens (tertiary/aromatic N) is 1. The van der Waals surface area contributed by atoms with E-state index in [1.165, 1.54) is 0 Å². The zero-order valence-electron chi connectivity index (χ0n) is 14.6. The fraction of sp³-hybridized carbons (Fsp3) is 0.182. The van der Waals surface area contributed by atoms with Crippen LogP contribution in [0.25, 0.3) is 0 Å². The summed E-state index contributed by atoms with van der Waals surface area (Å²) in [5.41, 5.74) is 1.72. The molecule has 0 radical (unpaired) electrons. The second-order valence-corrected chi connectivity index (χ2v) is 6.69. The predicted molar refractivity (Wildman–Crippen MR) is 97.1 cm³/mol. The Balaban J connectivity index is 1.71. The molecule has 1 saturated heterocycles. The maximum Gasteiger partial charge on any atom is 0.216 e. The van der Waals surface area contributed by atoms with Gasteiger partial charge >= 0.3 is 0 Å². The Hall–Kier alpha value is -2.60. The molecule has 0 saturated carbocycles. The van der Waals surface area contributed by atoms with Crippen molar-refractivity contribution < 1.29 is 18.7 Å². The third-order valence-corrected chi connectivity index (χ3v) is 4.80. The summed E-state index contributed by atoms with van der Waals surface area (Å²) >= 11 is 0. The Bertz CT molecular complexity index is 920. The van der Waals surface area contributed by atoms with Crippen LogP contribution < -0.4 is 0 Å². The Kier molecular flexibility index (Phi) is 4.74. The van der Waals surface area contributed by atoms with E-state index in [1.807, 2.05) is 60.7 Å². The number of aliphatic hydroxyl groups is 1. The van der Waals surface area contributed by atoms with Gasteiger partial charge in [0, 0.05) is 13.0 Å². The van der Waals surface area contributed by atoms with Crippen LogP contribution in [0.2, 0.25) is 0 Å². The molecule has 1 aliphatic rings. The van der Waals surface area contributed by atoms with Crippen LogP contribution in [0.15, 0.2) is 78.9 Å². The lowest BCUT2D eigenvalue weighted by atomic mass is 9.94. The summed E-state index contributed by atoms with van der Waals surface area (Å²) in [6.07, 6.45) is 0.0875. The van der Waals surface area contributed by atoms with E-state index in [1.54, 1.807) is 5.06 Å². The third-order valence-electron chi connectivity index (χ3n) is 4.80. The minimum Gasteiger partial charge on any atom is -0.360 e. The molecule has 1 aliphatic heterocycles. The van der Waals surface area contributed by atoms with Gasteiger partial charge in [-0.3, -0.25) is 4.84 Å². The number of rotatable bonds is 4. The van der Waals surface area contributed by atoms with E-state index in [0.29, 0.717) is 6.54 Å². The summed E-state index contributed by atoms with van der Waals surface area (Å²) in [6.45, 7) is 0.402. The van der Waals surface area contributed by atoms with Gasteiger partial charge in [-0.2, -0.15) is 5.06 Å². The van der Waals surface area contributed by atoms with Gasteiger partial charge in [-0.1, -0.05) is 60.7 Å². The molecule has 2 atom stereocenters. The Morgan fingerprint density at radius 2 is 1.63 bits per heavy atom. The molecule has 3 nitrogen and oxygen atoms in total. The summed E-state index contributed by atoms with van der Waals surface area (Å²) in [7, 11) is 0. The number of benzene rings is 3. The van der Waals surface area contributed by atoms with Crippen molar-refractivity contribution in [1.82, 2.24) is 5.06 Å². The molecule has 1 fully saturated rings. The van der Waals surface area contributed by atoms with Crippen LogP contribution in [0, 0.1) is 11.6 Å². The molecule has 0 bridgehead atoms. The van der Waals surface area contributed by atoms with Crippen LogP contribution in [0.1, 0.15) is 29.2 Å². The standard InChI is InChI=1S/C22H19F2NO2/c23-18-11-12-20(24)19(13-18)22(26)14-21(17-9-5-2-6-10-17)25(27-22)15-16-7-3-1-4-8-16/h1-13,21,26H,14-15H2. The minimum absolute atomic E-state index is 0.0875. The summed E-state index contributed by atoms with van der Waals surface area (Å²) < 4.78 is 28.0. The van der Waals surface area contributed by atoms with Crippen LogP contribution >= 0.6 is 0 Å². The van der Waals surface area contributed by atoms with E-state index in [-0.39, 0.29) is 18.0 Å². The van der Waals surface area contributed by atoms with Gasteiger partial charge in [-0.25, -0.2) is 8.78 Å². The second kappa shape index (κ2) is 7.19. The smallest absolute Gasteiger partial charge is 0.216 e. The molecule has 2 unspecified atom stereocenters. The first-order valence-corrected chi connectivity index (χ1v) is 8.78. The number of halogens is 2. The molecule has 1 N–H and O–H groups in total. The quantitative estimate of drug-likeness (QED) is 0.726. The molecule has 27 heavy (non-hydrogen) atoms. The fourth-order valence-electron chi connectivity index (χ4n) is 3.48. The van der Waals surface area contributed by atoms with Gasteiger partial charge in [0.1, 0.15) is 11.6 Å². The normalized spacial score (nSPS) is 22.9. The van der Waals surface area contributed by atoms with Crippen molar-refractivity contribution in [2.75, 3.05) is 0 Å². The van der Waals surface area contributed by atoms with E-state index in [0.717, 1.165) is 29.3 Å². The van der Waals surface area contributed by atoms with E-state index in [4.69, 9.17) is 4.84 Å². The monoisotopic (exact) mass is 367 g/mol. The van der Waals surface area contributed by atoms with Crippen molar-refractivity contribution in [1.29, 1.82) is 0 Å². The zero-order valence-corrected chi connectivity index (χ0v) is 14.6. The predicted octanol–water partition coefficient (Wildman–Crippen LogP) is 4.69. The Labute approximate surface area is 156 Å². The molecule has 138 valence electrons. The van der Waals surface area contributed by atoms with Gasteiger partial charge < -0.3 is 5.11 Å². The highest BCUT2D eigenvalue weighted by atomic mass is 19.1. The molecular weight excluding hydrogens is 348 g/mol. The maximum absolute atomic E-state index is 14.3. The molecule has 5 heteroatoms. The van der Waals surface area contributed by atoms with Gasteiger partial charge in [-0.05, 0) is 29.3 Å². The SMILES string of the molecule is OC1(c2cc(F)ccc2F)CC(c2ccccc2)N(Cc2ccccc2)O1. The van der Waals surface area contributed by atoms with Gasteiger partial charge in [0.25, 0.3) is 0 Å². The third kappa shape index (κ3) is 3.62. The van der Waals surface area contributed by atoms with Crippen molar-refractivity contribution in [2.45, 2.75) is 24.8 Å². The molecule has 0 aliphatic carbocycles. The Morgan fingerprint density at radius 3 is 2.33 bits per heavy atom. The van der Waals surface area contributed by atoms with E-state index < -0.39 is 17.4 Å². The highest BCUT2D eigenvalue weighted by Crippen LogP contribution is 2.46. The molecule has 4 rings (SSSR count). The van der Waals surface area contributed by atoms with E-state index in [2.05, 4.69) is 0 Å². The molecule has 3 aromatic carbocycles. The topological polar surface area (TPSA) is 32.7 Å². The number of hydroxylamine groups is 2. The Morgan fingerprint density at radius 1 is 0.963 bits per heavy atom. The first kappa shape index (κ1) is 17.8. The lowest BCUT2D eigenvalue weighted by Crippen LogP contribution is -2.29. The molecule has 0 aromatic heterocycles. The molecule has 0 spiro atoms. The van der Waals surface area contributed by atoms with Gasteiger partial charge in [0.15, 0.2) is 0 Å². The highest BCUT2D eigenvalue weighted by molar-refractivity contribution is 5.27. The lowest BCUT2D eigenvalue weighted by molar-refractivity contribution is -0.299. The van der Waals surface area contributed by atoms with Gasteiger partial charge in [0.05, 0.1) is 11.6 Å². The maximum atomic E-state index is 14.3. The van der Waals surface area contributed by atoms with Crippen molar-refractivity contribution in [2.24, 2.45) is 0 Å². The zero-order chi connectivity index (χ0) is 18.9.